The lowest BCUT2D eigenvalue weighted by molar-refractivity contribution is -0.141. The Morgan fingerprint density at radius 3 is 2.74 bits per heavy atom. The van der Waals surface area contributed by atoms with E-state index in [2.05, 4.69) is 52.3 Å². The molecule has 4 aromatic rings. The molecule has 2 heterocycles. The maximum absolute atomic E-state index is 12.9. The number of esters is 1. The van der Waals surface area contributed by atoms with Crippen LogP contribution in [0, 0.1) is 0 Å². The van der Waals surface area contributed by atoms with Crippen LogP contribution in [0.1, 0.15) is 40.4 Å². The Kier molecular flexibility index (Phi) is 3.93. The van der Waals surface area contributed by atoms with Crippen molar-refractivity contribution in [2.75, 3.05) is 6.61 Å². The van der Waals surface area contributed by atoms with Gasteiger partial charge in [0.25, 0.3) is 5.91 Å². The summed E-state index contributed by atoms with van der Waals surface area (Å²) in [5.74, 6) is -0.225. The first-order valence-corrected chi connectivity index (χ1v) is 10.7. The summed E-state index contributed by atoms with van der Waals surface area (Å²) in [7, 11) is 0. The minimum atomic E-state index is -0.249. The minimum Gasteiger partial charge on any atom is -0.466 e. The van der Waals surface area contributed by atoms with Crippen LogP contribution < -0.4 is 5.32 Å². The van der Waals surface area contributed by atoms with E-state index in [0.717, 1.165) is 41.6 Å². The Bertz CT molecular complexity index is 1410. The van der Waals surface area contributed by atoms with Gasteiger partial charge < -0.3 is 14.6 Å². The van der Waals surface area contributed by atoms with E-state index in [1.54, 1.807) is 0 Å². The first-order valence-electron chi connectivity index (χ1n) is 10.7. The van der Waals surface area contributed by atoms with Gasteiger partial charge in [0.2, 0.25) is 0 Å². The van der Waals surface area contributed by atoms with Crippen molar-refractivity contribution in [1.82, 2.24) is 9.88 Å². The van der Waals surface area contributed by atoms with E-state index in [4.69, 9.17) is 4.74 Å². The number of carbonyl (C=O) groups is 2. The lowest BCUT2D eigenvalue weighted by Gasteiger charge is -2.13. The van der Waals surface area contributed by atoms with Gasteiger partial charge in [-0.15, -0.1) is 0 Å². The molecule has 3 aromatic carbocycles. The highest BCUT2D eigenvalue weighted by molar-refractivity contribution is 6.20. The number of ether oxygens (including phenoxy) is 1. The minimum absolute atomic E-state index is 0.0246. The van der Waals surface area contributed by atoms with Gasteiger partial charge in [0.05, 0.1) is 17.7 Å². The molecule has 0 radical (unpaired) electrons. The van der Waals surface area contributed by atoms with E-state index in [0.29, 0.717) is 13.2 Å². The zero-order valence-corrected chi connectivity index (χ0v) is 17.3. The van der Waals surface area contributed by atoms with Crippen LogP contribution in [-0.2, 0) is 29.0 Å². The third-order valence-electron chi connectivity index (χ3n) is 6.55. The van der Waals surface area contributed by atoms with Gasteiger partial charge in [-0.3, -0.25) is 9.59 Å². The molecule has 6 rings (SSSR count). The van der Waals surface area contributed by atoms with Gasteiger partial charge in [0, 0.05) is 48.3 Å². The highest BCUT2D eigenvalue weighted by Gasteiger charge is 2.35. The molecule has 5 nitrogen and oxygen atoms in total. The van der Waals surface area contributed by atoms with Gasteiger partial charge in [0.1, 0.15) is 0 Å². The summed E-state index contributed by atoms with van der Waals surface area (Å²) < 4.78 is 7.55. The number of nitrogens with zero attached hydrogens (tertiary/aromatic N) is 1. The smallest absolute Gasteiger partial charge is 0.302 e. The van der Waals surface area contributed by atoms with Crippen molar-refractivity contribution in [3.8, 4) is 11.1 Å². The number of fused-ring (bicyclic) bond motifs is 10. The predicted molar refractivity (Wildman–Crippen MR) is 120 cm³/mol. The fourth-order valence-electron chi connectivity index (χ4n) is 5.40. The largest absolute Gasteiger partial charge is 0.466 e. The molecular weight excluding hydrogens is 388 g/mol. The van der Waals surface area contributed by atoms with E-state index in [9.17, 15) is 9.59 Å². The van der Waals surface area contributed by atoms with Gasteiger partial charge in [-0.05, 0) is 34.7 Å². The number of benzene rings is 3. The molecule has 2 aliphatic rings. The van der Waals surface area contributed by atoms with E-state index < -0.39 is 0 Å². The summed E-state index contributed by atoms with van der Waals surface area (Å²) in [5.41, 5.74) is 9.08. The molecule has 154 valence electrons. The zero-order valence-electron chi connectivity index (χ0n) is 17.3. The second-order valence-corrected chi connectivity index (χ2v) is 8.31. The number of amides is 1. The molecule has 1 aliphatic carbocycles. The summed E-state index contributed by atoms with van der Waals surface area (Å²) >= 11 is 0. The number of hydrogen-bond acceptors (Lipinski definition) is 3. The quantitative estimate of drug-likeness (QED) is 0.349. The second-order valence-electron chi connectivity index (χ2n) is 8.31. The summed E-state index contributed by atoms with van der Waals surface area (Å²) in [4.78, 5) is 24.1. The second kappa shape index (κ2) is 6.71. The Morgan fingerprint density at radius 2 is 1.87 bits per heavy atom. The molecule has 1 aliphatic heterocycles. The van der Waals surface area contributed by atoms with E-state index >= 15 is 0 Å². The van der Waals surface area contributed by atoms with Crippen molar-refractivity contribution in [1.29, 1.82) is 0 Å². The third kappa shape index (κ3) is 2.56. The molecule has 1 aromatic heterocycles. The highest BCUT2D eigenvalue weighted by Crippen LogP contribution is 2.48. The molecule has 0 bridgehead atoms. The average molecular weight is 410 g/mol. The SMILES string of the molecule is CC(=O)OCCCn1c2ccccc2c2c3c(c4c(c21)Cc1ccccc1-4)C(=O)NC3. The molecule has 0 saturated heterocycles. The predicted octanol–water partition coefficient (Wildman–Crippen LogP) is 4.56. The van der Waals surface area contributed by atoms with Crippen LogP contribution in [0.25, 0.3) is 32.9 Å². The number of carbonyl (C=O) groups excluding carboxylic acids is 2. The van der Waals surface area contributed by atoms with Crippen LogP contribution in [0.15, 0.2) is 48.5 Å². The lowest BCUT2D eigenvalue weighted by atomic mass is 9.92. The molecule has 0 atom stereocenters. The summed E-state index contributed by atoms with van der Waals surface area (Å²) in [6.07, 6.45) is 1.56. The van der Waals surface area contributed by atoms with Crippen LogP contribution in [0.4, 0.5) is 0 Å². The fourth-order valence-corrected chi connectivity index (χ4v) is 5.40. The first-order chi connectivity index (χ1) is 15.1. The van der Waals surface area contributed by atoms with Crippen LogP contribution in [0.3, 0.4) is 0 Å². The van der Waals surface area contributed by atoms with Crippen molar-refractivity contribution in [2.45, 2.75) is 32.9 Å². The normalized spacial score (nSPS) is 13.9. The van der Waals surface area contributed by atoms with Crippen molar-refractivity contribution >= 4 is 33.7 Å². The number of hydrogen-bond donors (Lipinski definition) is 1. The van der Waals surface area contributed by atoms with Crippen molar-refractivity contribution < 1.29 is 14.3 Å². The topological polar surface area (TPSA) is 60.3 Å². The maximum atomic E-state index is 12.9. The molecule has 1 amide bonds. The lowest BCUT2D eigenvalue weighted by Crippen LogP contribution is -2.13. The number of aromatic nitrogens is 1. The van der Waals surface area contributed by atoms with Crippen LogP contribution in [0.5, 0.6) is 0 Å². The van der Waals surface area contributed by atoms with Crippen molar-refractivity contribution in [3.05, 3.63) is 70.8 Å². The highest BCUT2D eigenvalue weighted by atomic mass is 16.5. The maximum Gasteiger partial charge on any atom is 0.302 e. The Balaban J connectivity index is 1.66. The van der Waals surface area contributed by atoms with E-state index in [1.807, 2.05) is 6.07 Å². The molecule has 31 heavy (non-hydrogen) atoms. The standard InChI is InChI=1S/C26H22N2O3/c1-15(29)31-12-6-11-28-21-10-5-4-9-18(21)23-20-14-27-26(30)24(20)22-17-8-3-2-7-16(17)13-19(22)25(23)28/h2-5,7-10H,6,11-14H2,1H3,(H,27,30). The van der Waals surface area contributed by atoms with Crippen molar-refractivity contribution in [3.63, 3.8) is 0 Å². The van der Waals surface area contributed by atoms with Gasteiger partial charge in [-0.2, -0.15) is 0 Å². The number of para-hydroxylation sites is 1. The van der Waals surface area contributed by atoms with Crippen LogP contribution in [0.2, 0.25) is 0 Å². The summed E-state index contributed by atoms with van der Waals surface area (Å²) in [5, 5.41) is 5.43. The van der Waals surface area contributed by atoms with Gasteiger partial charge in [0.15, 0.2) is 0 Å². The van der Waals surface area contributed by atoms with Gasteiger partial charge in [-0.1, -0.05) is 42.5 Å². The molecule has 0 spiro atoms. The number of aryl methyl sites for hydroxylation is 1. The summed E-state index contributed by atoms with van der Waals surface area (Å²) in [6.45, 7) is 3.15. The Morgan fingerprint density at radius 1 is 1.06 bits per heavy atom. The molecule has 5 heteroatoms. The average Bonchev–Trinajstić information content (AvgIpc) is 3.43. The first kappa shape index (κ1) is 18.2. The summed E-state index contributed by atoms with van der Waals surface area (Å²) in [6, 6.07) is 16.8. The van der Waals surface area contributed by atoms with Gasteiger partial charge >= 0.3 is 5.97 Å². The van der Waals surface area contributed by atoms with E-state index in [1.165, 1.54) is 39.9 Å². The van der Waals surface area contributed by atoms with Crippen LogP contribution in [-0.4, -0.2) is 23.1 Å². The molecular formula is C26H22N2O3. The molecule has 1 N–H and O–H groups in total. The Hall–Kier alpha value is -3.60. The number of nitrogens with one attached hydrogen (secondary N) is 1. The van der Waals surface area contributed by atoms with Crippen LogP contribution >= 0.6 is 0 Å². The molecule has 0 fully saturated rings. The van der Waals surface area contributed by atoms with Crippen molar-refractivity contribution in [2.24, 2.45) is 0 Å². The Labute approximate surface area is 179 Å². The fraction of sp³-hybridized carbons (Fsp3) is 0.231. The number of rotatable bonds is 4. The molecule has 0 saturated carbocycles. The monoisotopic (exact) mass is 410 g/mol. The third-order valence-corrected chi connectivity index (χ3v) is 6.55. The van der Waals surface area contributed by atoms with Gasteiger partial charge in [-0.25, -0.2) is 0 Å². The molecule has 0 unspecified atom stereocenters. The van der Waals surface area contributed by atoms with E-state index in [-0.39, 0.29) is 11.9 Å². The zero-order chi connectivity index (χ0) is 21.1.